The Kier molecular flexibility index (Phi) is 4.68. The highest BCUT2D eigenvalue weighted by molar-refractivity contribution is 5.58. The third-order valence-corrected chi connectivity index (χ3v) is 4.06. The van der Waals surface area contributed by atoms with E-state index in [0.717, 1.165) is 5.69 Å². The van der Waals surface area contributed by atoms with Gasteiger partial charge in [0.25, 0.3) is 0 Å². The number of nitrogens with zero attached hydrogens (tertiary/aromatic N) is 3. The van der Waals surface area contributed by atoms with Gasteiger partial charge in [-0.15, -0.1) is 0 Å². The lowest BCUT2D eigenvalue weighted by atomic mass is 9.93. The van der Waals surface area contributed by atoms with Crippen molar-refractivity contribution in [3.05, 3.63) is 42.0 Å². The SMILES string of the molecule is Cc1ccc(-n2cncc2C(CN)C(C)C)cc1N(C)C. The molecule has 0 amide bonds. The molecule has 2 N–H and O–H groups in total. The van der Waals surface area contributed by atoms with Gasteiger partial charge in [-0.2, -0.15) is 0 Å². The van der Waals surface area contributed by atoms with E-state index in [9.17, 15) is 0 Å². The minimum absolute atomic E-state index is 0.316. The summed E-state index contributed by atoms with van der Waals surface area (Å²) in [6, 6.07) is 6.50. The summed E-state index contributed by atoms with van der Waals surface area (Å²) in [5.74, 6) is 0.806. The second kappa shape index (κ2) is 6.31. The standard InChI is InChI=1S/C17H26N4/c1-12(2)15(9-18)17-10-19-11-21(17)14-7-6-13(3)16(8-14)20(4)5/h6-8,10-12,15H,9,18H2,1-5H3. The van der Waals surface area contributed by atoms with Crippen molar-refractivity contribution in [3.63, 3.8) is 0 Å². The van der Waals surface area contributed by atoms with Gasteiger partial charge in [0, 0.05) is 49.8 Å². The lowest BCUT2D eigenvalue weighted by molar-refractivity contribution is 0.490. The number of aromatic nitrogens is 2. The zero-order valence-corrected chi connectivity index (χ0v) is 13.7. The van der Waals surface area contributed by atoms with Crippen LogP contribution < -0.4 is 10.6 Å². The first-order chi connectivity index (χ1) is 9.95. The summed E-state index contributed by atoms with van der Waals surface area (Å²) in [5.41, 5.74) is 10.8. The molecule has 0 aliphatic carbocycles. The van der Waals surface area contributed by atoms with E-state index in [1.54, 1.807) is 0 Å². The molecule has 0 saturated heterocycles. The number of hydrogen-bond acceptors (Lipinski definition) is 3. The average molecular weight is 286 g/mol. The molecule has 0 fully saturated rings. The fourth-order valence-electron chi connectivity index (χ4n) is 2.76. The Morgan fingerprint density at radius 1 is 1.29 bits per heavy atom. The third-order valence-electron chi connectivity index (χ3n) is 4.06. The smallest absolute Gasteiger partial charge is 0.0994 e. The molecule has 1 aromatic carbocycles. The van der Waals surface area contributed by atoms with Crippen LogP contribution in [0.1, 0.15) is 31.0 Å². The average Bonchev–Trinajstić information content (AvgIpc) is 2.88. The maximum atomic E-state index is 5.96. The number of benzene rings is 1. The molecular formula is C17H26N4. The van der Waals surface area contributed by atoms with Gasteiger partial charge < -0.3 is 15.2 Å². The van der Waals surface area contributed by atoms with Crippen molar-refractivity contribution in [1.82, 2.24) is 9.55 Å². The van der Waals surface area contributed by atoms with Crippen LogP contribution in [0, 0.1) is 12.8 Å². The van der Waals surface area contributed by atoms with E-state index in [-0.39, 0.29) is 0 Å². The Morgan fingerprint density at radius 3 is 2.57 bits per heavy atom. The molecule has 0 bridgehead atoms. The monoisotopic (exact) mass is 286 g/mol. The van der Waals surface area contributed by atoms with Crippen molar-refractivity contribution in [2.24, 2.45) is 11.7 Å². The molecule has 1 unspecified atom stereocenters. The molecule has 114 valence electrons. The van der Waals surface area contributed by atoms with E-state index in [1.165, 1.54) is 16.9 Å². The fraction of sp³-hybridized carbons (Fsp3) is 0.471. The number of rotatable bonds is 5. The fourth-order valence-corrected chi connectivity index (χ4v) is 2.76. The molecule has 0 radical (unpaired) electrons. The van der Waals surface area contributed by atoms with Gasteiger partial charge in [-0.3, -0.25) is 0 Å². The summed E-state index contributed by atoms with van der Waals surface area (Å²) in [6.07, 6.45) is 3.82. The summed E-state index contributed by atoms with van der Waals surface area (Å²) >= 11 is 0. The summed E-state index contributed by atoms with van der Waals surface area (Å²) in [4.78, 5) is 6.48. The molecule has 21 heavy (non-hydrogen) atoms. The maximum absolute atomic E-state index is 5.96. The molecule has 0 aliphatic heterocycles. The summed E-state index contributed by atoms with van der Waals surface area (Å²) in [7, 11) is 4.13. The van der Waals surface area contributed by atoms with Crippen LogP contribution >= 0.6 is 0 Å². The van der Waals surface area contributed by atoms with Gasteiger partial charge in [0.15, 0.2) is 0 Å². The molecule has 4 heteroatoms. The van der Waals surface area contributed by atoms with Gasteiger partial charge in [-0.1, -0.05) is 19.9 Å². The first-order valence-corrected chi connectivity index (χ1v) is 7.46. The molecule has 0 spiro atoms. The largest absolute Gasteiger partial charge is 0.377 e. The van der Waals surface area contributed by atoms with Crippen LogP contribution in [0.25, 0.3) is 5.69 Å². The molecule has 1 heterocycles. The van der Waals surface area contributed by atoms with Crippen LogP contribution in [0.4, 0.5) is 5.69 Å². The van der Waals surface area contributed by atoms with Crippen molar-refractivity contribution in [3.8, 4) is 5.69 Å². The van der Waals surface area contributed by atoms with Crippen molar-refractivity contribution in [2.75, 3.05) is 25.5 Å². The van der Waals surface area contributed by atoms with Gasteiger partial charge >= 0.3 is 0 Å². The molecule has 4 nitrogen and oxygen atoms in total. The van der Waals surface area contributed by atoms with E-state index < -0.39 is 0 Å². The summed E-state index contributed by atoms with van der Waals surface area (Å²) < 4.78 is 2.16. The molecule has 1 atom stereocenters. The zero-order valence-electron chi connectivity index (χ0n) is 13.7. The molecule has 0 aliphatic rings. The Bertz CT molecular complexity index is 599. The molecule has 1 aromatic heterocycles. The lowest BCUT2D eigenvalue weighted by Gasteiger charge is -2.22. The van der Waals surface area contributed by atoms with Crippen LogP contribution in [0.15, 0.2) is 30.7 Å². The Balaban J connectivity index is 2.49. The first kappa shape index (κ1) is 15.6. The number of imidazole rings is 1. The van der Waals surface area contributed by atoms with E-state index in [4.69, 9.17) is 5.73 Å². The molecule has 2 aromatic rings. The second-order valence-corrected chi connectivity index (χ2v) is 6.14. The highest BCUT2D eigenvalue weighted by Gasteiger charge is 2.19. The number of nitrogens with two attached hydrogens (primary N) is 1. The predicted octanol–water partition coefficient (Wildman–Crippen LogP) is 2.95. The van der Waals surface area contributed by atoms with Crippen molar-refractivity contribution < 1.29 is 0 Å². The second-order valence-electron chi connectivity index (χ2n) is 6.14. The Hall–Kier alpha value is -1.81. The number of aryl methyl sites for hydroxylation is 1. The van der Waals surface area contributed by atoms with Crippen molar-refractivity contribution in [2.45, 2.75) is 26.7 Å². The summed E-state index contributed by atoms with van der Waals surface area (Å²) in [6.45, 7) is 7.17. The van der Waals surface area contributed by atoms with Gasteiger partial charge in [-0.25, -0.2) is 4.98 Å². The van der Waals surface area contributed by atoms with Crippen LogP contribution in [0.3, 0.4) is 0 Å². The van der Waals surface area contributed by atoms with Gasteiger partial charge in [0.1, 0.15) is 0 Å². The lowest BCUT2D eigenvalue weighted by Crippen LogP contribution is -2.20. The minimum atomic E-state index is 0.316. The quantitative estimate of drug-likeness (QED) is 0.919. The third kappa shape index (κ3) is 3.10. The van der Waals surface area contributed by atoms with E-state index in [2.05, 4.69) is 67.5 Å². The van der Waals surface area contributed by atoms with Crippen LogP contribution in [0.5, 0.6) is 0 Å². The van der Waals surface area contributed by atoms with Crippen LogP contribution in [-0.4, -0.2) is 30.2 Å². The van der Waals surface area contributed by atoms with Gasteiger partial charge in [0.05, 0.1) is 6.33 Å². The minimum Gasteiger partial charge on any atom is -0.377 e. The topological polar surface area (TPSA) is 47.1 Å². The number of hydrogen-bond donors (Lipinski definition) is 1. The van der Waals surface area contributed by atoms with Crippen LogP contribution in [-0.2, 0) is 0 Å². The van der Waals surface area contributed by atoms with E-state index in [1.807, 2.05) is 12.5 Å². The Labute approximate surface area is 127 Å². The van der Waals surface area contributed by atoms with Gasteiger partial charge in [-0.05, 0) is 30.5 Å². The van der Waals surface area contributed by atoms with Crippen molar-refractivity contribution in [1.29, 1.82) is 0 Å². The number of anilines is 1. The van der Waals surface area contributed by atoms with E-state index in [0.29, 0.717) is 18.4 Å². The predicted molar refractivity (Wildman–Crippen MR) is 89.3 cm³/mol. The normalized spacial score (nSPS) is 12.7. The van der Waals surface area contributed by atoms with E-state index >= 15 is 0 Å². The Morgan fingerprint density at radius 2 is 2.00 bits per heavy atom. The van der Waals surface area contributed by atoms with Gasteiger partial charge in [0.2, 0.25) is 0 Å². The summed E-state index contributed by atoms with van der Waals surface area (Å²) in [5, 5.41) is 0. The zero-order chi connectivity index (χ0) is 15.6. The first-order valence-electron chi connectivity index (χ1n) is 7.46. The molecule has 0 saturated carbocycles. The highest BCUT2D eigenvalue weighted by atomic mass is 15.1. The highest BCUT2D eigenvalue weighted by Crippen LogP contribution is 2.28. The molecular weight excluding hydrogens is 260 g/mol. The molecule has 2 rings (SSSR count). The van der Waals surface area contributed by atoms with Crippen LogP contribution in [0.2, 0.25) is 0 Å². The van der Waals surface area contributed by atoms with Crippen molar-refractivity contribution >= 4 is 5.69 Å². The maximum Gasteiger partial charge on any atom is 0.0994 e.